The zero-order chi connectivity index (χ0) is 26.6. The maximum atomic E-state index is 12.3. The van der Waals surface area contributed by atoms with Crippen molar-refractivity contribution >= 4 is 22.8 Å². The van der Waals surface area contributed by atoms with E-state index in [1.165, 1.54) is 41.2 Å². The maximum absolute atomic E-state index is 12.3. The number of ether oxygens (including phenoxy) is 2. The fraction of sp³-hybridized carbons (Fsp3) is 0.344. The summed E-state index contributed by atoms with van der Waals surface area (Å²) in [5.74, 6) is 1.53. The number of carbonyl (C=O) groups excluding carboxylic acids is 1. The van der Waals surface area contributed by atoms with Gasteiger partial charge < -0.3 is 19.3 Å². The molecule has 3 aromatic carbocycles. The van der Waals surface area contributed by atoms with Crippen molar-refractivity contribution in [3.63, 3.8) is 0 Å². The van der Waals surface area contributed by atoms with E-state index in [9.17, 15) is 4.79 Å². The Labute approximate surface area is 221 Å². The van der Waals surface area contributed by atoms with Crippen molar-refractivity contribution in [2.24, 2.45) is 0 Å². The van der Waals surface area contributed by atoms with Crippen LogP contribution in [0.3, 0.4) is 0 Å². The Balaban J connectivity index is 0.00000186. The standard InChI is InChI=1S/C30H36N2O3.C2H2/c1-31(2)30(33)29(34-3)22-27-11-6-7-12-28(27)35-20-8-17-32-18-15-24(16-19-32)26-14-13-23-9-4-5-10-25(23)21-26;1-2/h4-7,9-14,21-22,24H,8,15-20H2,1-3H3;1-2H/b29-22-;. The predicted molar refractivity (Wildman–Crippen MR) is 152 cm³/mol. The molecule has 0 radical (unpaired) electrons. The molecular weight excluding hydrogens is 460 g/mol. The molecule has 1 heterocycles. The van der Waals surface area contributed by atoms with E-state index in [0.717, 1.165) is 37.4 Å². The molecule has 194 valence electrons. The van der Waals surface area contributed by atoms with Crippen molar-refractivity contribution < 1.29 is 14.3 Å². The highest BCUT2D eigenvalue weighted by atomic mass is 16.5. The Bertz CT molecular complexity index is 1210. The average Bonchev–Trinajstić information content (AvgIpc) is 2.95. The normalized spacial score (nSPS) is 14.5. The third-order valence-electron chi connectivity index (χ3n) is 6.75. The first-order chi connectivity index (χ1) is 18.0. The molecule has 0 bridgehead atoms. The van der Waals surface area contributed by atoms with Gasteiger partial charge in [-0.25, -0.2) is 0 Å². The molecule has 0 aromatic heterocycles. The van der Waals surface area contributed by atoms with Crippen LogP contribution in [0.25, 0.3) is 16.8 Å². The Morgan fingerprint density at radius 1 is 1.00 bits per heavy atom. The van der Waals surface area contributed by atoms with E-state index in [1.807, 2.05) is 24.3 Å². The molecule has 4 rings (SSSR count). The molecule has 1 aliphatic heterocycles. The Morgan fingerprint density at radius 3 is 2.38 bits per heavy atom. The van der Waals surface area contributed by atoms with Crippen LogP contribution >= 0.6 is 0 Å². The second kappa shape index (κ2) is 14.1. The van der Waals surface area contributed by atoms with Gasteiger partial charge in [-0.3, -0.25) is 4.79 Å². The minimum absolute atomic E-state index is 0.172. The molecule has 0 N–H and O–H groups in total. The summed E-state index contributed by atoms with van der Waals surface area (Å²) in [6.45, 7) is 3.92. The number of fused-ring (bicyclic) bond motifs is 1. The summed E-state index contributed by atoms with van der Waals surface area (Å²) in [7, 11) is 4.93. The highest BCUT2D eigenvalue weighted by molar-refractivity contribution is 5.95. The molecule has 0 atom stereocenters. The molecule has 1 fully saturated rings. The number of methoxy groups -OCH3 is 1. The molecule has 0 spiro atoms. The second-order valence-corrected chi connectivity index (χ2v) is 9.37. The van der Waals surface area contributed by atoms with Crippen LogP contribution in [0, 0.1) is 12.8 Å². The van der Waals surface area contributed by atoms with E-state index in [0.29, 0.717) is 18.3 Å². The van der Waals surface area contributed by atoms with Crippen LogP contribution in [-0.4, -0.2) is 63.2 Å². The number of hydrogen-bond acceptors (Lipinski definition) is 4. The number of terminal acetylenes is 1. The molecule has 1 amide bonds. The van der Waals surface area contributed by atoms with Gasteiger partial charge in [0.1, 0.15) is 5.75 Å². The SMILES string of the molecule is C#C.CO/C(=C\c1ccccc1OCCCN1CCC(c2ccc3ccccc3c2)CC1)C(=O)N(C)C. The number of amides is 1. The van der Waals surface area contributed by atoms with Gasteiger partial charge in [-0.2, -0.15) is 0 Å². The van der Waals surface area contributed by atoms with Crippen LogP contribution in [0.1, 0.15) is 36.3 Å². The minimum Gasteiger partial charge on any atom is -0.493 e. The van der Waals surface area contributed by atoms with Crippen molar-refractivity contribution in [1.82, 2.24) is 9.80 Å². The van der Waals surface area contributed by atoms with Gasteiger partial charge in [0.25, 0.3) is 5.91 Å². The molecule has 1 saturated heterocycles. The second-order valence-electron chi connectivity index (χ2n) is 9.37. The summed E-state index contributed by atoms with van der Waals surface area (Å²) in [6, 6.07) is 23.3. The maximum Gasteiger partial charge on any atom is 0.288 e. The molecule has 0 saturated carbocycles. The van der Waals surface area contributed by atoms with Crippen LogP contribution in [0.15, 0.2) is 72.5 Å². The summed E-state index contributed by atoms with van der Waals surface area (Å²) in [4.78, 5) is 16.3. The molecular formula is C32H38N2O3. The Morgan fingerprint density at radius 2 is 1.68 bits per heavy atom. The summed E-state index contributed by atoms with van der Waals surface area (Å²) < 4.78 is 11.4. The van der Waals surface area contributed by atoms with E-state index in [4.69, 9.17) is 9.47 Å². The van der Waals surface area contributed by atoms with Gasteiger partial charge in [-0.15, -0.1) is 12.8 Å². The first-order valence-corrected chi connectivity index (χ1v) is 12.8. The van der Waals surface area contributed by atoms with Gasteiger partial charge in [-0.05, 0) is 66.7 Å². The van der Waals surface area contributed by atoms with Crippen LogP contribution in [0.5, 0.6) is 5.75 Å². The third kappa shape index (κ3) is 7.62. The lowest BCUT2D eigenvalue weighted by Gasteiger charge is -2.32. The summed E-state index contributed by atoms with van der Waals surface area (Å²) >= 11 is 0. The number of hydrogen-bond donors (Lipinski definition) is 0. The largest absolute Gasteiger partial charge is 0.493 e. The summed E-state index contributed by atoms with van der Waals surface area (Å²) in [5.41, 5.74) is 2.32. The molecule has 5 heteroatoms. The minimum atomic E-state index is -0.172. The lowest BCUT2D eigenvalue weighted by Crippen LogP contribution is -2.34. The fourth-order valence-corrected chi connectivity index (χ4v) is 4.72. The molecule has 0 unspecified atom stereocenters. The topological polar surface area (TPSA) is 42.0 Å². The number of piperidine rings is 1. The van der Waals surface area contributed by atoms with Crippen molar-refractivity contribution in [2.45, 2.75) is 25.2 Å². The monoisotopic (exact) mass is 498 g/mol. The van der Waals surface area contributed by atoms with Crippen LogP contribution < -0.4 is 4.74 Å². The van der Waals surface area contributed by atoms with Gasteiger partial charge >= 0.3 is 0 Å². The van der Waals surface area contributed by atoms with Crippen molar-refractivity contribution in [2.75, 3.05) is 47.4 Å². The van der Waals surface area contributed by atoms with Gasteiger partial charge in [0.05, 0.1) is 13.7 Å². The number of carbonyl (C=O) groups is 1. The zero-order valence-electron chi connectivity index (χ0n) is 22.2. The van der Waals surface area contributed by atoms with E-state index in [1.54, 1.807) is 20.2 Å². The van der Waals surface area contributed by atoms with Crippen molar-refractivity contribution in [1.29, 1.82) is 0 Å². The lowest BCUT2D eigenvalue weighted by molar-refractivity contribution is -0.127. The Kier molecular flexibility index (Phi) is 10.6. The van der Waals surface area contributed by atoms with E-state index in [-0.39, 0.29) is 5.91 Å². The number of likely N-dealkylation sites (N-methyl/N-ethyl adjacent to an activating group) is 1. The van der Waals surface area contributed by atoms with Gasteiger partial charge in [0.15, 0.2) is 5.76 Å². The number of likely N-dealkylation sites (tertiary alicyclic amines) is 1. The van der Waals surface area contributed by atoms with E-state index < -0.39 is 0 Å². The first-order valence-electron chi connectivity index (χ1n) is 12.8. The van der Waals surface area contributed by atoms with Gasteiger partial charge in [0.2, 0.25) is 0 Å². The third-order valence-corrected chi connectivity index (χ3v) is 6.75. The molecule has 37 heavy (non-hydrogen) atoms. The van der Waals surface area contributed by atoms with Crippen LogP contribution in [-0.2, 0) is 9.53 Å². The Hall–Kier alpha value is -3.75. The quantitative estimate of drug-likeness (QED) is 0.162. The summed E-state index contributed by atoms with van der Waals surface area (Å²) in [6.07, 6.45) is 13.1. The molecule has 1 aliphatic rings. The van der Waals surface area contributed by atoms with E-state index in [2.05, 4.69) is 60.2 Å². The van der Waals surface area contributed by atoms with Crippen molar-refractivity contribution in [3.05, 3.63) is 83.6 Å². The molecule has 3 aromatic rings. The number of benzene rings is 3. The molecule has 5 nitrogen and oxygen atoms in total. The van der Waals surface area contributed by atoms with Gasteiger partial charge in [-0.1, -0.05) is 60.7 Å². The number of nitrogens with zero attached hydrogens (tertiary/aromatic N) is 2. The van der Waals surface area contributed by atoms with Crippen LogP contribution in [0.4, 0.5) is 0 Å². The van der Waals surface area contributed by atoms with Gasteiger partial charge in [0, 0.05) is 26.2 Å². The fourth-order valence-electron chi connectivity index (χ4n) is 4.72. The molecule has 0 aliphatic carbocycles. The van der Waals surface area contributed by atoms with Crippen molar-refractivity contribution in [3.8, 4) is 18.6 Å². The lowest BCUT2D eigenvalue weighted by atomic mass is 9.88. The highest BCUT2D eigenvalue weighted by Crippen LogP contribution is 2.30. The summed E-state index contributed by atoms with van der Waals surface area (Å²) in [5, 5.41) is 2.65. The van der Waals surface area contributed by atoms with E-state index >= 15 is 0 Å². The average molecular weight is 499 g/mol. The zero-order valence-corrected chi connectivity index (χ0v) is 22.2. The first kappa shape index (κ1) is 27.8. The predicted octanol–water partition coefficient (Wildman–Crippen LogP) is 5.81. The highest BCUT2D eigenvalue weighted by Gasteiger charge is 2.20. The smallest absolute Gasteiger partial charge is 0.288 e. The van der Waals surface area contributed by atoms with Crippen LogP contribution in [0.2, 0.25) is 0 Å². The number of para-hydroxylation sites is 1. The number of rotatable bonds is 9.